The molecule has 3 atom stereocenters. The molecule has 0 bridgehead atoms. The molecule has 3 unspecified atom stereocenters. The molecule has 25 heavy (non-hydrogen) atoms. The first-order valence-electron chi connectivity index (χ1n) is 9.85. The zero-order chi connectivity index (χ0) is 19.5. The maximum absolute atomic E-state index is 10.3. The van der Waals surface area contributed by atoms with Gasteiger partial charge in [0.1, 0.15) is 0 Å². The molecule has 0 aromatic heterocycles. The lowest BCUT2D eigenvalue weighted by atomic mass is 9.53. The van der Waals surface area contributed by atoms with Gasteiger partial charge in [-0.2, -0.15) is 0 Å². The first-order chi connectivity index (χ1) is 11.3. The summed E-state index contributed by atoms with van der Waals surface area (Å²) in [5, 5.41) is 10.3. The molecule has 1 rings (SSSR count). The van der Waals surface area contributed by atoms with Crippen LogP contribution in [0.25, 0.3) is 0 Å². The molecule has 0 aromatic rings. The molecular formula is C22H42O3. The van der Waals surface area contributed by atoms with Crippen molar-refractivity contribution in [2.45, 2.75) is 85.9 Å². The Morgan fingerprint density at radius 1 is 1.24 bits per heavy atom. The van der Waals surface area contributed by atoms with Crippen LogP contribution in [0.15, 0.2) is 11.6 Å². The Kier molecular flexibility index (Phi) is 7.74. The Hall–Kier alpha value is -0.380. The molecule has 0 aliphatic heterocycles. The maximum Gasteiger partial charge on any atom is 0.0663 e. The van der Waals surface area contributed by atoms with Gasteiger partial charge in [-0.25, -0.2) is 0 Å². The molecule has 3 heteroatoms. The normalized spacial score (nSPS) is 25.6. The van der Waals surface area contributed by atoms with Crippen molar-refractivity contribution in [2.75, 3.05) is 20.3 Å². The van der Waals surface area contributed by atoms with E-state index in [-0.39, 0.29) is 11.5 Å². The number of ether oxygens (including phenoxy) is 2. The molecule has 1 fully saturated rings. The summed E-state index contributed by atoms with van der Waals surface area (Å²) in [6, 6.07) is 0. The fraction of sp³-hybridized carbons (Fsp3) is 0.909. The summed E-state index contributed by atoms with van der Waals surface area (Å²) in [6.07, 6.45) is 5.71. The second-order valence-corrected chi connectivity index (χ2v) is 9.75. The van der Waals surface area contributed by atoms with Crippen molar-refractivity contribution in [2.24, 2.45) is 23.2 Å². The Morgan fingerprint density at radius 2 is 1.84 bits per heavy atom. The van der Waals surface area contributed by atoms with E-state index in [1.807, 2.05) is 13.8 Å². The van der Waals surface area contributed by atoms with E-state index >= 15 is 0 Å². The lowest BCUT2D eigenvalue weighted by Gasteiger charge is -2.52. The minimum atomic E-state index is -0.799. The Bertz CT molecular complexity index is 443. The first kappa shape index (κ1) is 22.7. The summed E-state index contributed by atoms with van der Waals surface area (Å²) in [7, 11) is 1.67. The van der Waals surface area contributed by atoms with Crippen LogP contribution in [0.2, 0.25) is 0 Å². The van der Waals surface area contributed by atoms with Gasteiger partial charge in [-0.3, -0.25) is 0 Å². The molecule has 0 heterocycles. The van der Waals surface area contributed by atoms with E-state index in [1.165, 1.54) is 6.42 Å². The van der Waals surface area contributed by atoms with Crippen LogP contribution in [0.4, 0.5) is 0 Å². The number of methoxy groups -OCH3 is 1. The summed E-state index contributed by atoms with van der Waals surface area (Å²) in [6.45, 7) is 18.3. The minimum Gasteiger partial charge on any atom is -0.390 e. The van der Waals surface area contributed by atoms with Crippen molar-refractivity contribution in [3.63, 3.8) is 0 Å². The Labute approximate surface area is 156 Å². The van der Waals surface area contributed by atoms with Gasteiger partial charge >= 0.3 is 0 Å². The standard InChI is InChI=1S/C22H42O3/c1-10-17(19-13-16(2)21(19,5)6)11-12-20(3,4)25-15-18(14-24-9)22(7,8)23/h10,16,18-19,23H,11-15H2,1-9H3/b17-10-. The van der Waals surface area contributed by atoms with Crippen molar-refractivity contribution >= 4 is 0 Å². The van der Waals surface area contributed by atoms with Gasteiger partial charge in [-0.1, -0.05) is 32.4 Å². The summed E-state index contributed by atoms with van der Waals surface area (Å²) in [5.41, 5.74) is 0.991. The van der Waals surface area contributed by atoms with E-state index < -0.39 is 5.60 Å². The lowest BCUT2D eigenvalue weighted by Crippen LogP contribution is -2.44. The third kappa shape index (κ3) is 6.08. The van der Waals surface area contributed by atoms with E-state index in [0.29, 0.717) is 24.5 Å². The topological polar surface area (TPSA) is 38.7 Å². The average Bonchev–Trinajstić information content (AvgIpc) is 2.49. The Balaban J connectivity index is 2.57. The highest BCUT2D eigenvalue weighted by atomic mass is 16.5. The van der Waals surface area contributed by atoms with Gasteiger partial charge in [-0.05, 0) is 71.1 Å². The van der Waals surface area contributed by atoms with Crippen LogP contribution in [0.3, 0.4) is 0 Å². The van der Waals surface area contributed by atoms with Crippen molar-refractivity contribution in [3.8, 4) is 0 Å². The summed E-state index contributed by atoms with van der Waals surface area (Å²) < 4.78 is 11.5. The second-order valence-electron chi connectivity index (χ2n) is 9.75. The molecule has 148 valence electrons. The molecule has 1 saturated carbocycles. The summed E-state index contributed by atoms with van der Waals surface area (Å²) in [4.78, 5) is 0. The van der Waals surface area contributed by atoms with E-state index in [9.17, 15) is 5.11 Å². The number of aliphatic hydroxyl groups is 1. The van der Waals surface area contributed by atoms with E-state index in [0.717, 1.165) is 18.8 Å². The summed E-state index contributed by atoms with van der Waals surface area (Å²) in [5.74, 6) is 1.49. The van der Waals surface area contributed by atoms with E-state index in [2.05, 4.69) is 47.6 Å². The highest BCUT2D eigenvalue weighted by molar-refractivity contribution is 5.16. The smallest absolute Gasteiger partial charge is 0.0663 e. The molecule has 1 aliphatic rings. The third-order valence-corrected chi connectivity index (χ3v) is 6.63. The van der Waals surface area contributed by atoms with Gasteiger partial charge in [0, 0.05) is 13.0 Å². The lowest BCUT2D eigenvalue weighted by molar-refractivity contribution is -0.102. The van der Waals surface area contributed by atoms with Crippen LogP contribution in [-0.4, -0.2) is 36.6 Å². The highest BCUT2D eigenvalue weighted by Gasteiger charge is 2.46. The molecule has 1 aliphatic carbocycles. The largest absolute Gasteiger partial charge is 0.390 e. The number of allylic oxidation sites excluding steroid dienone is 2. The molecular weight excluding hydrogens is 312 g/mol. The van der Waals surface area contributed by atoms with Gasteiger partial charge in [-0.15, -0.1) is 0 Å². The van der Waals surface area contributed by atoms with Crippen LogP contribution in [0.5, 0.6) is 0 Å². The zero-order valence-corrected chi connectivity index (χ0v) is 18.1. The number of hydrogen-bond acceptors (Lipinski definition) is 3. The van der Waals surface area contributed by atoms with Crippen LogP contribution in [0, 0.1) is 23.2 Å². The SMILES string of the molecule is C/C=C(/CCC(C)(C)OCC(COC)C(C)(C)O)C1CC(C)C1(C)C. The quantitative estimate of drug-likeness (QED) is 0.546. The molecule has 0 aromatic carbocycles. The molecule has 0 amide bonds. The minimum absolute atomic E-state index is 0.0237. The van der Waals surface area contributed by atoms with Crippen LogP contribution in [-0.2, 0) is 9.47 Å². The van der Waals surface area contributed by atoms with Gasteiger partial charge in [0.05, 0.1) is 24.4 Å². The van der Waals surface area contributed by atoms with Gasteiger partial charge < -0.3 is 14.6 Å². The fourth-order valence-corrected chi connectivity index (χ4v) is 3.79. The van der Waals surface area contributed by atoms with E-state index in [4.69, 9.17) is 9.47 Å². The molecule has 0 radical (unpaired) electrons. The van der Waals surface area contributed by atoms with Crippen LogP contribution in [0.1, 0.15) is 74.7 Å². The number of rotatable bonds is 10. The van der Waals surface area contributed by atoms with Crippen molar-refractivity contribution < 1.29 is 14.6 Å². The van der Waals surface area contributed by atoms with Crippen LogP contribution >= 0.6 is 0 Å². The molecule has 0 spiro atoms. The van der Waals surface area contributed by atoms with E-state index in [1.54, 1.807) is 12.7 Å². The Morgan fingerprint density at radius 3 is 2.24 bits per heavy atom. The van der Waals surface area contributed by atoms with Gasteiger partial charge in [0.25, 0.3) is 0 Å². The zero-order valence-electron chi connectivity index (χ0n) is 18.1. The summed E-state index contributed by atoms with van der Waals surface area (Å²) >= 11 is 0. The maximum atomic E-state index is 10.3. The van der Waals surface area contributed by atoms with Crippen molar-refractivity contribution in [1.29, 1.82) is 0 Å². The molecule has 3 nitrogen and oxygen atoms in total. The van der Waals surface area contributed by atoms with Gasteiger partial charge in [0.2, 0.25) is 0 Å². The van der Waals surface area contributed by atoms with Gasteiger partial charge in [0.15, 0.2) is 0 Å². The predicted molar refractivity (Wildman–Crippen MR) is 106 cm³/mol. The molecule has 0 saturated heterocycles. The predicted octanol–water partition coefficient (Wildman–Crippen LogP) is 5.22. The molecule has 1 N–H and O–H groups in total. The second kappa shape index (κ2) is 8.54. The fourth-order valence-electron chi connectivity index (χ4n) is 3.79. The third-order valence-electron chi connectivity index (χ3n) is 6.63. The van der Waals surface area contributed by atoms with Crippen molar-refractivity contribution in [3.05, 3.63) is 11.6 Å². The van der Waals surface area contributed by atoms with Crippen molar-refractivity contribution in [1.82, 2.24) is 0 Å². The monoisotopic (exact) mass is 354 g/mol. The number of hydrogen-bond donors (Lipinski definition) is 1. The average molecular weight is 355 g/mol. The highest BCUT2D eigenvalue weighted by Crippen LogP contribution is 2.55. The van der Waals surface area contributed by atoms with Crippen LogP contribution < -0.4 is 0 Å². The first-order valence-corrected chi connectivity index (χ1v) is 9.85.